The maximum absolute atomic E-state index is 3.51. The first kappa shape index (κ1) is 6.98. The third kappa shape index (κ3) is 1.09. The van der Waals surface area contributed by atoms with Crippen LogP contribution in [0.3, 0.4) is 0 Å². The molecule has 0 spiro atoms. The van der Waals surface area contributed by atoms with Crippen LogP contribution in [0.4, 0.5) is 0 Å². The fourth-order valence-corrected chi connectivity index (χ4v) is 2.04. The maximum Gasteiger partial charge on any atom is 0.0578 e. The molecule has 0 saturated carbocycles. The van der Waals surface area contributed by atoms with E-state index in [0.29, 0.717) is 0 Å². The normalized spacial score (nSPS) is 16.2. The summed E-state index contributed by atoms with van der Waals surface area (Å²) in [4.78, 5) is 5.35. The SMILES string of the molecule is CN1C=C(Br)c2cc[nH]c2C1. The standard InChI is InChI=1S/C8H9BrN2/c1-11-4-7(9)6-2-3-10-8(6)5-11/h2-4,10H,5H2,1H3. The molecule has 11 heavy (non-hydrogen) atoms. The van der Waals surface area contributed by atoms with Crippen LogP contribution in [0.15, 0.2) is 18.5 Å². The quantitative estimate of drug-likeness (QED) is 0.699. The monoisotopic (exact) mass is 212 g/mol. The Labute approximate surface area is 74.0 Å². The van der Waals surface area contributed by atoms with Gasteiger partial charge in [-0.3, -0.25) is 0 Å². The molecule has 3 heteroatoms. The Morgan fingerprint density at radius 2 is 2.45 bits per heavy atom. The van der Waals surface area contributed by atoms with Gasteiger partial charge in [-0.15, -0.1) is 0 Å². The fraction of sp³-hybridized carbons (Fsp3) is 0.250. The fourth-order valence-electron chi connectivity index (χ4n) is 1.32. The smallest absolute Gasteiger partial charge is 0.0578 e. The van der Waals surface area contributed by atoms with Gasteiger partial charge in [-0.1, -0.05) is 0 Å². The predicted molar refractivity (Wildman–Crippen MR) is 49.2 cm³/mol. The molecule has 1 aliphatic rings. The van der Waals surface area contributed by atoms with E-state index in [1.165, 1.54) is 11.3 Å². The molecule has 1 aromatic rings. The lowest BCUT2D eigenvalue weighted by Gasteiger charge is -2.20. The highest BCUT2D eigenvalue weighted by molar-refractivity contribution is 9.15. The Morgan fingerprint density at radius 1 is 1.64 bits per heavy atom. The Balaban J connectivity index is 2.50. The summed E-state index contributed by atoms with van der Waals surface area (Å²) in [6.07, 6.45) is 4.06. The molecule has 0 amide bonds. The Kier molecular flexibility index (Phi) is 1.53. The van der Waals surface area contributed by atoms with Crippen molar-refractivity contribution in [3.05, 3.63) is 29.7 Å². The average Bonchev–Trinajstić information content (AvgIpc) is 2.34. The van der Waals surface area contributed by atoms with Crippen LogP contribution < -0.4 is 0 Å². The van der Waals surface area contributed by atoms with Gasteiger partial charge in [0.1, 0.15) is 0 Å². The van der Waals surface area contributed by atoms with Crippen LogP contribution in [-0.4, -0.2) is 16.9 Å². The van der Waals surface area contributed by atoms with Gasteiger partial charge in [-0.25, -0.2) is 0 Å². The van der Waals surface area contributed by atoms with E-state index in [0.717, 1.165) is 11.0 Å². The number of hydrogen-bond acceptors (Lipinski definition) is 1. The van der Waals surface area contributed by atoms with Crippen molar-refractivity contribution in [2.75, 3.05) is 7.05 Å². The average molecular weight is 213 g/mol. The van der Waals surface area contributed by atoms with E-state index in [1.807, 2.05) is 6.20 Å². The zero-order chi connectivity index (χ0) is 7.84. The molecule has 0 aliphatic carbocycles. The molecule has 2 heterocycles. The zero-order valence-corrected chi connectivity index (χ0v) is 7.85. The van der Waals surface area contributed by atoms with Crippen molar-refractivity contribution in [2.24, 2.45) is 0 Å². The topological polar surface area (TPSA) is 19.0 Å². The van der Waals surface area contributed by atoms with Gasteiger partial charge in [-0.2, -0.15) is 0 Å². The van der Waals surface area contributed by atoms with Gasteiger partial charge in [-0.05, 0) is 22.0 Å². The van der Waals surface area contributed by atoms with Crippen molar-refractivity contribution in [1.82, 2.24) is 9.88 Å². The van der Waals surface area contributed by atoms with Crippen LogP contribution in [-0.2, 0) is 6.54 Å². The highest BCUT2D eigenvalue weighted by atomic mass is 79.9. The summed E-state index contributed by atoms with van der Waals surface area (Å²) in [6, 6.07) is 2.09. The molecule has 0 radical (unpaired) electrons. The summed E-state index contributed by atoms with van der Waals surface area (Å²) in [5, 5.41) is 0. The van der Waals surface area contributed by atoms with E-state index in [9.17, 15) is 0 Å². The van der Waals surface area contributed by atoms with Crippen LogP contribution in [0.2, 0.25) is 0 Å². The second-order valence-electron chi connectivity index (χ2n) is 2.76. The molecule has 1 aliphatic heterocycles. The predicted octanol–water partition coefficient (Wildman–Crippen LogP) is 2.15. The molecule has 2 nitrogen and oxygen atoms in total. The first-order valence-corrected chi connectivity index (χ1v) is 4.31. The number of hydrogen-bond donors (Lipinski definition) is 1. The summed E-state index contributed by atoms with van der Waals surface area (Å²) < 4.78 is 1.16. The van der Waals surface area contributed by atoms with Gasteiger partial charge in [0, 0.05) is 35.2 Å². The minimum Gasteiger partial charge on any atom is -0.374 e. The molecule has 0 aromatic carbocycles. The van der Waals surface area contributed by atoms with Crippen molar-refractivity contribution < 1.29 is 0 Å². The molecule has 1 aromatic heterocycles. The summed E-state index contributed by atoms with van der Waals surface area (Å²) in [7, 11) is 2.06. The number of H-pyrrole nitrogens is 1. The molecular weight excluding hydrogens is 204 g/mol. The first-order valence-electron chi connectivity index (χ1n) is 3.51. The van der Waals surface area contributed by atoms with E-state index < -0.39 is 0 Å². The van der Waals surface area contributed by atoms with Gasteiger partial charge in [0.2, 0.25) is 0 Å². The van der Waals surface area contributed by atoms with Crippen molar-refractivity contribution in [2.45, 2.75) is 6.54 Å². The minimum absolute atomic E-state index is 0.970. The lowest BCUT2D eigenvalue weighted by molar-refractivity contribution is 0.441. The number of rotatable bonds is 0. The van der Waals surface area contributed by atoms with Crippen LogP contribution in [0.25, 0.3) is 4.48 Å². The third-order valence-corrected chi connectivity index (χ3v) is 2.46. The number of nitrogens with zero attached hydrogens (tertiary/aromatic N) is 1. The van der Waals surface area contributed by atoms with Crippen molar-refractivity contribution in [3.8, 4) is 0 Å². The highest BCUT2D eigenvalue weighted by Crippen LogP contribution is 2.28. The highest BCUT2D eigenvalue weighted by Gasteiger charge is 2.13. The lowest BCUT2D eigenvalue weighted by Crippen LogP contribution is -2.15. The van der Waals surface area contributed by atoms with Crippen molar-refractivity contribution in [1.29, 1.82) is 0 Å². The van der Waals surface area contributed by atoms with E-state index in [4.69, 9.17) is 0 Å². The molecule has 0 unspecified atom stereocenters. The second kappa shape index (κ2) is 2.41. The number of nitrogens with one attached hydrogen (secondary N) is 1. The molecule has 0 fully saturated rings. The van der Waals surface area contributed by atoms with Gasteiger partial charge in [0.25, 0.3) is 0 Å². The van der Waals surface area contributed by atoms with Crippen molar-refractivity contribution in [3.63, 3.8) is 0 Å². The van der Waals surface area contributed by atoms with Crippen molar-refractivity contribution >= 4 is 20.4 Å². The third-order valence-electron chi connectivity index (χ3n) is 1.83. The summed E-state index contributed by atoms with van der Waals surface area (Å²) in [5.41, 5.74) is 2.56. The number of halogens is 1. The molecule has 0 bridgehead atoms. The van der Waals surface area contributed by atoms with E-state index in [1.54, 1.807) is 0 Å². The second-order valence-corrected chi connectivity index (χ2v) is 3.62. The zero-order valence-electron chi connectivity index (χ0n) is 6.26. The molecule has 0 saturated heterocycles. The van der Waals surface area contributed by atoms with E-state index in [-0.39, 0.29) is 0 Å². The lowest BCUT2D eigenvalue weighted by atomic mass is 10.2. The Bertz CT molecular complexity index is 301. The molecule has 0 atom stereocenters. The van der Waals surface area contributed by atoms with Crippen LogP contribution in [0, 0.1) is 0 Å². The number of fused-ring (bicyclic) bond motifs is 1. The summed E-state index contributed by atoms with van der Waals surface area (Å²) in [5.74, 6) is 0. The molecular formula is C8H9BrN2. The summed E-state index contributed by atoms with van der Waals surface area (Å²) >= 11 is 3.51. The summed E-state index contributed by atoms with van der Waals surface area (Å²) in [6.45, 7) is 0.970. The number of aromatic nitrogens is 1. The Morgan fingerprint density at radius 3 is 3.27 bits per heavy atom. The minimum atomic E-state index is 0.970. The number of aromatic amines is 1. The van der Waals surface area contributed by atoms with E-state index >= 15 is 0 Å². The van der Waals surface area contributed by atoms with Gasteiger partial charge in [0.15, 0.2) is 0 Å². The van der Waals surface area contributed by atoms with Gasteiger partial charge >= 0.3 is 0 Å². The molecule has 2 rings (SSSR count). The molecule has 1 N–H and O–H groups in total. The molecule has 58 valence electrons. The van der Waals surface area contributed by atoms with Crippen LogP contribution >= 0.6 is 15.9 Å². The van der Waals surface area contributed by atoms with Gasteiger partial charge in [0.05, 0.1) is 6.54 Å². The van der Waals surface area contributed by atoms with E-state index in [2.05, 4.69) is 45.1 Å². The largest absolute Gasteiger partial charge is 0.374 e. The maximum atomic E-state index is 3.51. The van der Waals surface area contributed by atoms with Crippen LogP contribution in [0.1, 0.15) is 11.3 Å². The van der Waals surface area contributed by atoms with Crippen LogP contribution in [0.5, 0.6) is 0 Å². The Hall–Kier alpha value is -0.700. The first-order chi connectivity index (χ1) is 5.27. The van der Waals surface area contributed by atoms with Gasteiger partial charge < -0.3 is 9.88 Å².